The van der Waals surface area contributed by atoms with Crippen LogP contribution in [0.4, 0.5) is 4.39 Å². The van der Waals surface area contributed by atoms with Crippen LogP contribution in [0.3, 0.4) is 0 Å². The van der Waals surface area contributed by atoms with Gasteiger partial charge in [0.25, 0.3) is 0 Å². The smallest absolute Gasteiger partial charge is 0.328 e. The zero-order valence-corrected chi connectivity index (χ0v) is 12.9. The molecule has 0 spiro atoms. The minimum Gasteiger partial charge on any atom is -0.478 e. The highest BCUT2D eigenvalue weighted by Crippen LogP contribution is 2.33. The highest BCUT2D eigenvalue weighted by Gasteiger charge is 2.15. The van der Waals surface area contributed by atoms with E-state index in [2.05, 4.69) is 21.0 Å². The Kier molecular flexibility index (Phi) is 4.42. The van der Waals surface area contributed by atoms with Crippen LogP contribution in [-0.4, -0.2) is 20.9 Å². The van der Waals surface area contributed by atoms with Gasteiger partial charge in [0.15, 0.2) is 0 Å². The highest BCUT2D eigenvalue weighted by atomic mass is 79.9. The molecule has 7 heteroatoms. The Balaban J connectivity index is 2.44. The van der Waals surface area contributed by atoms with Gasteiger partial charge in [-0.25, -0.2) is 13.9 Å². The number of ether oxygens (including phenoxy) is 1. The summed E-state index contributed by atoms with van der Waals surface area (Å²) in [5.41, 5.74) is 1.13. The van der Waals surface area contributed by atoms with Crippen molar-refractivity contribution in [3.63, 3.8) is 0 Å². The number of aromatic nitrogens is 2. The van der Waals surface area contributed by atoms with E-state index in [1.807, 2.05) is 0 Å². The van der Waals surface area contributed by atoms with Crippen LogP contribution in [0.15, 0.2) is 28.7 Å². The third-order valence-electron chi connectivity index (χ3n) is 2.71. The first-order chi connectivity index (χ1) is 9.88. The lowest BCUT2D eigenvalue weighted by molar-refractivity contribution is -0.131. The van der Waals surface area contributed by atoms with Crippen LogP contribution in [0.2, 0.25) is 0 Å². The number of halogens is 2. The molecule has 0 aliphatic carbocycles. The van der Waals surface area contributed by atoms with E-state index < -0.39 is 11.8 Å². The Hall–Kier alpha value is -2.15. The number of aryl methyl sites for hydroxylation is 2. The average molecular weight is 355 g/mol. The van der Waals surface area contributed by atoms with Crippen LogP contribution in [0, 0.1) is 12.7 Å². The van der Waals surface area contributed by atoms with Crippen LogP contribution >= 0.6 is 15.9 Å². The molecule has 0 radical (unpaired) electrons. The van der Waals surface area contributed by atoms with Gasteiger partial charge in [-0.1, -0.05) is 0 Å². The van der Waals surface area contributed by atoms with Crippen molar-refractivity contribution in [3.05, 3.63) is 45.8 Å². The Morgan fingerprint density at radius 3 is 2.90 bits per heavy atom. The van der Waals surface area contributed by atoms with Crippen molar-refractivity contribution >= 4 is 28.0 Å². The highest BCUT2D eigenvalue weighted by molar-refractivity contribution is 9.10. The zero-order chi connectivity index (χ0) is 15.6. The molecule has 0 fully saturated rings. The van der Waals surface area contributed by atoms with Crippen LogP contribution in [0.1, 0.15) is 11.3 Å². The molecule has 2 rings (SSSR count). The lowest BCUT2D eigenvalue weighted by Gasteiger charge is -2.09. The molecule has 0 saturated carbocycles. The number of benzene rings is 1. The maximum absolute atomic E-state index is 13.3. The first-order valence-electron chi connectivity index (χ1n) is 5.96. The minimum atomic E-state index is -1.07. The number of hydrogen-bond acceptors (Lipinski definition) is 3. The normalized spacial score (nSPS) is 11.0. The predicted octanol–water partition coefficient (Wildman–Crippen LogP) is 3.52. The van der Waals surface area contributed by atoms with E-state index in [0.717, 1.165) is 6.08 Å². The number of nitrogens with zero attached hydrogens (tertiary/aromatic N) is 2. The van der Waals surface area contributed by atoms with Crippen molar-refractivity contribution in [3.8, 4) is 11.6 Å². The number of carbonyl (C=O) groups is 1. The zero-order valence-electron chi connectivity index (χ0n) is 11.3. The largest absolute Gasteiger partial charge is 0.478 e. The summed E-state index contributed by atoms with van der Waals surface area (Å²) in [5.74, 6) is -0.898. The summed E-state index contributed by atoms with van der Waals surface area (Å²) in [6.45, 7) is 1.73. The van der Waals surface area contributed by atoms with Gasteiger partial charge in [0.2, 0.25) is 5.88 Å². The molecule has 1 N–H and O–H groups in total. The fourth-order valence-corrected chi connectivity index (χ4v) is 2.11. The van der Waals surface area contributed by atoms with Gasteiger partial charge in [0.1, 0.15) is 11.6 Å². The second-order valence-corrected chi connectivity index (χ2v) is 5.13. The van der Waals surface area contributed by atoms with E-state index in [1.165, 1.54) is 29.0 Å². The van der Waals surface area contributed by atoms with Gasteiger partial charge in [0, 0.05) is 19.2 Å². The van der Waals surface area contributed by atoms with Crippen molar-refractivity contribution in [2.24, 2.45) is 7.05 Å². The van der Waals surface area contributed by atoms with Crippen molar-refractivity contribution in [2.75, 3.05) is 0 Å². The molecule has 1 aromatic carbocycles. The molecule has 0 aliphatic rings. The van der Waals surface area contributed by atoms with Crippen molar-refractivity contribution in [1.29, 1.82) is 0 Å². The van der Waals surface area contributed by atoms with E-state index in [1.54, 1.807) is 14.0 Å². The van der Waals surface area contributed by atoms with Crippen LogP contribution in [0.25, 0.3) is 6.08 Å². The van der Waals surface area contributed by atoms with Gasteiger partial charge >= 0.3 is 5.97 Å². The Morgan fingerprint density at radius 1 is 1.52 bits per heavy atom. The molecule has 1 heterocycles. The van der Waals surface area contributed by atoms with E-state index in [9.17, 15) is 9.18 Å². The number of carboxylic acid groups (broad SMARTS) is 1. The van der Waals surface area contributed by atoms with E-state index in [4.69, 9.17) is 9.84 Å². The van der Waals surface area contributed by atoms with Crippen molar-refractivity contribution in [1.82, 2.24) is 9.78 Å². The van der Waals surface area contributed by atoms with Gasteiger partial charge in [-0.3, -0.25) is 0 Å². The monoisotopic (exact) mass is 354 g/mol. The standard InChI is InChI=1S/C14H12BrFN2O3/c1-8-10(4-6-13(19)20)14(18(2)17-8)21-12-7-9(16)3-5-11(12)15/h3-7H,1-2H3,(H,19,20)/b6-4+. The topological polar surface area (TPSA) is 64.4 Å². The molecule has 0 aliphatic heterocycles. The molecule has 2 aromatic rings. The summed E-state index contributed by atoms with van der Waals surface area (Å²) in [6, 6.07) is 4.06. The summed E-state index contributed by atoms with van der Waals surface area (Å²) >= 11 is 3.27. The van der Waals surface area contributed by atoms with Gasteiger partial charge in [0.05, 0.1) is 15.7 Å². The predicted molar refractivity (Wildman–Crippen MR) is 78.8 cm³/mol. The molecule has 0 unspecified atom stereocenters. The Bertz CT molecular complexity index is 725. The summed E-state index contributed by atoms with van der Waals surface area (Å²) in [6.07, 6.45) is 2.39. The molecule has 0 bridgehead atoms. The summed E-state index contributed by atoms with van der Waals surface area (Å²) < 4.78 is 21.0. The minimum absolute atomic E-state index is 0.281. The number of rotatable bonds is 4. The molecule has 110 valence electrons. The van der Waals surface area contributed by atoms with Crippen LogP contribution in [0.5, 0.6) is 11.6 Å². The van der Waals surface area contributed by atoms with Gasteiger partial charge < -0.3 is 9.84 Å². The second kappa shape index (κ2) is 6.09. The lowest BCUT2D eigenvalue weighted by Crippen LogP contribution is -1.97. The van der Waals surface area contributed by atoms with Crippen molar-refractivity contribution < 1.29 is 19.0 Å². The van der Waals surface area contributed by atoms with Crippen LogP contribution in [-0.2, 0) is 11.8 Å². The molecular formula is C14H12BrFN2O3. The third-order valence-corrected chi connectivity index (χ3v) is 3.36. The van der Waals surface area contributed by atoms with E-state index in [0.29, 0.717) is 21.6 Å². The summed E-state index contributed by atoms with van der Waals surface area (Å²) in [7, 11) is 1.66. The van der Waals surface area contributed by atoms with E-state index >= 15 is 0 Å². The lowest BCUT2D eigenvalue weighted by atomic mass is 10.2. The summed E-state index contributed by atoms with van der Waals surface area (Å²) in [4.78, 5) is 10.6. The molecular weight excluding hydrogens is 343 g/mol. The molecule has 5 nitrogen and oxygen atoms in total. The number of aliphatic carboxylic acids is 1. The van der Waals surface area contributed by atoms with Gasteiger partial charge in [-0.2, -0.15) is 5.10 Å². The summed E-state index contributed by atoms with van der Waals surface area (Å²) in [5, 5.41) is 12.9. The number of hydrogen-bond donors (Lipinski definition) is 1. The van der Waals surface area contributed by atoms with Gasteiger partial charge in [-0.15, -0.1) is 0 Å². The molecule has 1 aromatic heterocycles. The maximum Gasteiger partial charge on any atom is 0.328 e. The average Bonchev–Trinajstić information content (AvgIpc) is 2.66. The molecule has 0 saturated heterocycles. The van der Waals surface area contributed by atoms with Crippen LogP contribution < -0.4 is 4.74 Å². The van der Waals surface area contributed by atoms with Crippen molar-refractivity contribution in [2.45, 2.75) is 6.92 Å². The first kappa shape index (κ1) is 15.2. The van der Waals surface area contributed by atoms with Gasteiger partial charge in [-0.05, 0) is 41.1 Å². The first-order valence-corrected chi connectivity index (χ1v) is 6.75. The second-order valence-electron chi connectivity index (χ2n) is 4.28. The Morgan fingerprint density at radius 2 is 2.24 bits per heavy atom. The molecule has 0 atom stereocenters. The third kappa shape index (κ3) is 3.49. The maximum atomic E-state index is 13.3. The quantitative estimate of drug-likeness (QED) is 0.853. The molecule has 21 heavy (non-hydrogen) atoms. The SMILES string of the molecule is Cc1nn(C)c(Oc2cc(F)ccc2Br)c1/C=C/C(=O)O. The number of carboxylic acids is 1. The fourth-order valence-electron chi connectivity index (χ4n) is 1.78. The molecule has 0 amide bonds. The fraction of sp³-hybridized carbons (Fsp3) is 0.143. The Labute approximate surface area is 128 Å². The van der Waals surface area contributed by atoms with E-state index in [-0.39, 0.29) is 5.75 Å².